The second-order valence-electron chi connectivity index (χ2n) is 6.77. The molecule has 0 aliphatic carbocycles. The molecular weight excluding hydrogens is 312 g/mol. The maximum absolute atomic E-state index is 12.3. The molecule has 1 N–H and O–H groups in total. The van der Waals surface area contributed by atoms with Crippen molar-refractivity contribution in [1.29, 1.82) is 5.26 Å². The van der Waals surface area contributed by atoms with Crippen molar-refractivity contribution in [2.24, 2.45) is 5.41 Å². The summed E-state index contributed by atoms with van der Waals surface area (Å²) in [6.07, 6.45) is 0.779. The maximum atomic E-state index is 12.3. The van der Waals surface area contributed by atoms with Crippen molar-refractivity contribution in [3.63, 3.8) is 0 Å². The van der Waals surface area contributed by atoms with E-state index in [2.05, 4.69) is 11.4 Å². The summed E-state index contributed by atoms with van der Waals surface area (Å²) < 4.78 is 5.80. The third kappa shape index (κ3) is 4.84. The smallest absolute Gasteiger partial charge is 0.230 e. The van der Waals surface area contributed by atoms with Crippen molar-refractivity contribution >= 4 is 11.6 Å². The summed E-state index contributed by atoms with van der Waals surface area (Å²) in [5.74, 6) is 0.743. The van der Waals surface area contributed by atoms with Gasteiger partial charge in [-0.3, -0.25) is 4.79 Å². The highest BCUT2D eigenvalue weighted by atomic mass is 16.5. The van der Waals surface area contributed by atoms with E-state index in [9.17, 15) is 4.79 Å². The summed E-state index contributed by atoms with van der Waals surface area (Å²) in [4.78, 5) is 12.3. The predicted molar refractivity (Wildman–Crippen MR) is 99.4 cm³/mol. The van der Waals surface area contributed by atoms with Crippen LogP contribution in [-0.2, 0) is 11.4 Å². The molecule has 0 heterocycles. The lowest BCUT2D eigenvalue weighted by Gasteiger charge is -2.22. The van der Waals surface area contributed by atoms with E-state index in [0.29, 0.717) is 12.2 Å². The second kappa shape index (κ2) is 7.85. The van der Waals surface area contributed by atoms with Crippen LogP contribution in [0.4, 0.5) is 5.69 Å². The van der Waals surface area contributed by atoms with Crippen molar-refractivity contribution < 1.29 is 9.53 Å². The zero-order valence-corrected chi connectivity index (χ0v) is 15.2. The number of carbonyl (C=O) groups excluding carboxylic acids is 1. The highest BCUT2D eigenvalue weighted by Gasteiger charge is 2.25. The average molecular weight is 336 g/mol. The van der Waals surface area contributed by atoms with E-state index in [0.717, 1.165) is 29.0 Å². The Kier molecular flexibility index (Phi) is 5.82. The van der Waals surface area contributed by atoms with E-state index in [1.807, 2.05) is 64.1 Å². The normalized spacial score (nSPS) is 10.8. The molecule has 2 aromatic rings. The van der Waals surface area contributed by atoms with Crippen LogP contribution in [0.3, 0.4) is 0 Å². The standard InChI is InChI=1S/C21H24N2O2/c1-5-21(3,4)20(24)23-19-10-9-18(11-15(19)2)25-14-17-8-6-7-16(12-17)13-22/h6-12H,5,14H2,1-4H3,(H,23,24). The topological polar surface area (TPSA) is 62.1 Å². The van der Waals surface area contributed by atoms with Gasteiger partial charge in [0, 0.05) is 11.1 Å². The number of aryl methyl sites for hydroxylation is 1. The van der Waals surface area contributed by atoms with Crippen molar-refractivity contribution in [2.45, 2.75) is 40.7 Å². The third-order valence-electron chi connectivity index (χ3n) is 4.41. The lowest BCUT2D eigenvalue weighted by Crippen LogP contribution is -2.30. The van der Waals surface area contributed by atoms with E-state index in [1.165, 1.54) is 0 Å². The van der Waals surface area contributed by atoms with Crippen molar-refractivity contribution in [3.05, 3.63) is 59.2 Å². The van der Waals surface area contributed by atoms with Crippen molar-refractivity contribution in [3.8, 4) is 11.8 Å². The first-order chi connectivity index (χ1) is 11.9. The summed E-state index contributed by atoms with van der Waals surface area (Å²) in [7, 11) is 0. The molecule has 2 rings (SSSR count). The molecule has 0 fully saturated rings. The largest absolute Gasteiger partial charge is 0.489 e. The van der Waals surface area contributed by atoms with Crippen LogP contribution < -0.4 is 10.1 Å². The van der Waals surface area contributed by atoms with E-state index < -0.39 is 5.41 Å². The van der Waals surface area contributed by atoms with Crippen molar-refractivity contribution in [1.82, 2.24) is 0 Å². The zero-order valence-electron chi connectivity index (χ0n) is 15.2. The van der Waals surface area contributed by atoms with Crippen LogP contribution in [0.1, 0.15) is 43.9 Å². The van der Waals surface area contributed by atoms with Gasteiger partial charge in [0.25, 0.3) is 0 Å². The van der Waals surface area contributed by atoms with Crippen LogP contribution in [-0.4, -0.2) is 5.91 Å². The Morgan fingerprint density at radius 1 is 1.24 bits per heavy atom. The first-order valence-corrected chi connectivity index (χ1v) is 8.39. The minimum atomic E-state index is -0.395. The predicted octanol–water partition coefficient (Wildman–Crippen LogP) is 4.82. The fourth-order valence-electron chi connectivity index (χ4n) is 2.22. The number of rotatable bonds is 6. The Balaban J connectivity index is 2.04. The summed E-state index contributed by atoms with van der Waals surface area (Å²) in [5, 5.41) is 11.9. The van der Waals surface area contributed by atoms with Gasteiger partial charge in [-0.25, -0.2) is 0 Å². The Morgan fingerprint density at radius 2 is 2.00 bits per heavy atom. The van der Waals surface area contributed by atoms with Gasteiger partial charge in [-0.2, -0.15) is 5.26 Å². The Bertz CT molecular complexity index is 804. The number of nitrogens with zero attached hydrogens (tertiary/aromatic N) is 1. The van der Waals surface area contributed by atoms with Gasteiger partial charge in [0.2, 0.25) is 5.91 Å². The number of amides is 1. The van der Waals surface area contributed by atoms with Crippen LogP contribution in [0, 0.1) is 23.7 Å². The SMILES string of the molecule is CCC(C)(C)C(=O)Nc1ccc(OCc2cccc(C#N)c2)cc1C. The molecule has 0 radical (unpaired) electrons. The number of carbonyl (C=O) groups is 1. The molecule has 0 aromatic heterocycles. The fourth-order valence-corrected chi connectivity index (χ4v) is 2.22. The molecule has 0 spiro atoms. The number of hydrogen-bond acceptors (Lipinski definition) is 3. The fraction of sp³-hybridized carbons (Fsp3) is 0.333. The molecule has 130 valence electrons. The molecule has 2 aromatic carbocycles. The van der Waals surface area contributed by atoms with Gasteiger partial charge in [-0.05, 0) is 54.8 Å². The van der Waals surface area contributed by atoms with Gasteiger partial charge < -0.3 is 10.1 Å². The number of ether oxygens (including phenoxy) is 1. The van der Waals surface area contributed by atoms with Crippen LogP contribution in [0.2, 0.25) is 0 Å². The minimum Gasteiger partial charge on any atom is -0.489 e. The number of anilines is 1. The number of nitriles is 1. The maximum Gasteiger partial charge on any atom is 0.230 e. The first-order valence-electron chi connectivity index (χ1n) is 8.39. The van der Waals surface area contributed by atoms with Crippen LogP contribution >= 0.6 is 0 Å². The van der Waals surface area contributed by atoms with E-state index in [-0.39, 0.29) is 5.91 Å². The molecule has 0 atom stereocenters. The third-order valence-corrected chi connectivity index (χ3v) is 4.41. The summed E-state index contributed by atoms with van der Waals surface area (Å²) >= 11 is 0. The Hall–Kier alpha value is -2.80. The number of benzene rings is 2. The first kappa shape index (κ1) is 18.5. The molecule has 1 amide bonds. The van der Waals surface area contributed by atoms with Crippen molar-refractivity contribution in [2.75, 3.05) is 5.32 Å². The van der Waals surface area contributed by atoms with Gasteiger partial charge in [0.1, 0.15) is 12.4 Å². The molecule has 0 unspecified atom stereocenters. The zero-order chi connectivity index (χ0) is 18.4. The van der Waals surface area contributed by atoms with Crippen LogP contribution in [0.5, 0.6) is 5.75 Å². The molecule has 0 aliphatic heterocycles. The molecule has 0 aliphatic rings. The molecule has 0 saturated carbocycles. The van der Waals surface area contributed by atoms with Gasteiger partial charge in [-0.15, -0.1) is 0 Å². The molecule has 4 nitrogen and oxygen atoms in total. The summed E-state index contributed by atoms with van der Waals surface area (Å²) in [6.45, 7) is 8.21. The number of nitrogens with one attached hydrogen (secondary N) is 1. The van der Waals surface area contributed by atoms with Gasteiger partial charge >= 0.3 is 0 Å². The molecule has 25 heavy (non-hydrogen) atoms. The van der Waals surface area contributed by atoms with E-state index >= 15 is 0 Å². The lowest BCUT2D eigenvalue weighted by molar-refractivity contribution is -0.124. The molecule has 0 saturated heterocycles. The van der Waals surface area contributed by atoms with E-state index in [4.69, 9.17) is 10.00 Å². The number of hydrogen-bond donors (Lipinski definition) is 1. The lowest BCUT2D eigenvalue weighted by atomic mass is 9.89. The Morgan fingerprint density at radius 3 is 2.64 bits per heavy atom. The summed E-state index contributed by atoms with van der Waals surface area (Å²) in [6, 6.07) is 15.1. The Labute approximate surface area is 149 Å². The minimum absolute atomic E-state index is 0.0140. The van der Waals surface area contributed by atoms with Crippen LogP contribution in [0.25, 0.3) is 0 Å². The molecule has 0 bridgehead atoms. The second-order valence-corrected chi connectivity index (χ2v) is 6.77. The highest BCUT2D eigenvalue weighted by molar-refractivity contribution is 5.95. The highest BCUT2D eigenvalue weighted by Crippen LogP contribution is 2.26. The quantitative estimate of drug-likeness (QED) is 0.822. The average Bonchev–Trinajstić information content (AvgIpc) is 2.62. The molecular formula is C21H24N2O2. The summed E-state index contributed by atoms with van der Waals surface area (Å²) in [5.41, 5.74) is 2.91. The van der Waals surface area contributed by atoms with Gasteiger partial charge in [0.15, 0.2) is 0 Å². The van der Waals surface area contributed by atoms with Crippen LogP contribution in [0.15, 0.2) is 42.5 Å². The molecule has 4 heteroatoms. The van der Waals surface area contributed by atoms with E-state index in [1.54, 1.807) is 6.07 Å². The van der Waals surface area contributed by atoms with Gasteiger partial charge in [-0.1, -0.05) is 32.9 Å². The van der Waals surface area contributed by atoms with Gasteiger partial charge in [0.05, 0.1) is 11.6 Å². The monoisotopic (exact) mass is 336 g/mol.